The maximum absolute atomic E-state index is 12.0. The number of ether oxygens (including phenoxy) is 1. The number of rotatable bonds is 4. The first-order chi connectivity index (χ1) is 9.28. The molecule has 1 aliphatic rings. The van der Waals surface area contributed by atoms with Crippen LogP contribution in [0.15, 0.2) is 0 Å². The quantitative estimate of drug-likeness (QED) is 0.777. The van der Waals surface area contributed by atoms with Crippen LogP contribution in [0.5, 0.6) is 0 Å². The first-order valence-electron chi connectivity index (χ1n) is 8.01. The second kappa shape index (κ2) is 7.87. The molecule has 0 spiro atoms. The second-order valence-corrected chi connectivity index (χ2v) is 7.30. The van der Waals surface area contributed by atoms with Crippen LogP contribution < -0.4 is 10.6 Å². The molecular weight excluding hydrogens is 252 g/mol. The van der Waals surface area contributed by atoms with Crippen molar-refractivity contribution in [1.29, 1.82) is 0 Å². The highest BCUT2D eigenvalue weighted by molar-refractivity contribution is 5.68. The van der Waals surface area contributed by atoms with Crippen LogP contribution >= 0.6 is 0 Å². The summed E-state index contributed by atoms with van der Waals surface area (Å²) in [5.74, 6) is 0.625. The van der Waals surface area contributed by atoms with E-state index in [1.54, 1.807) is 0 Å². The smallest absolute Gasteiger partial charge is 0.407 e. The van der Waals surface area contributed by atoms with E-state index in [2.05, 4.69) is 24.5 Å². The lowest BCUT2D eigenvalue weighted by Crippen LogP contribution is -2.51. The Labute approximate surface area is 124 Å². The third-order valence-electron chi connectivity index (χ3n) is 3.51. The summed E-state index contributed by atoms with van der Waals surface area (Å²) in [6.07, 6.45) is 5.55. The van der Waals surface area contributed by atoms with E-state index in [4.69, 9.17) is 4.74 Å². The normalized spacial score (nSPS) is 24.3. The monoisotopic (exact) mass is 284 g/mol. The summed E-state index contributed by atoms with van der Waals surface area (Å²) in [5.41, 5.74) is -0.435. The molecule has 1 amide bonds. The third kappa shape index (κ3) is 7.13. The van der Waals surface area contributed by atoms with Crippen LogP contribution in [0.2, 0.25) is 0 Å². The number of carbonyl (C=O) groups excluding carboxylic acids is 1. The Bertz CT molecular complexity index is 297. The topological polar surface area (TPSA) is 50.4 Å². The molecule has 1 rings (SSSR count). The fourth-order valence-electron chi connectivity index (χ4n) is 2.57. The number of alkyl carbamates (subject to hydrolysis) is 1. The molecule has 0 heterocycles. The van der Waals surface area contributed by atoms with Gasteiger partial charge in [0.25, 0.3) is 0 Å². The molecule has 0 bridgehead atoms. The second-order valence-electron chi connectivity index (χ2n) is 7.30. The molecule has 1 saturated carbocycles. The molecule has 0 aromatic carbocycles. The van der Waals surface area contributed by atoms with Crippen LogP contribution in [0.25, 0.3) is 0 Å². The molecule has 1 fully saturated rings. The van der Waals surface area contributed by atoms with E-state index in [1.807, 2.05) is 20.8 Å². The molecule has 0 aliphatic heterocycles. The van der Waals surface area contributed by atoms with Crippen molar-refractivity contribution >= 4 is 6.09 Å². The summed E-state index contributed by atoms with van der Waals surface area (Å²) in [5, 5.41) is 6.67. The molecule has 0 saturated heterocycles. The van der Waals surface area contributed by atoms with Crippen molar-refractivity contribution in [2.75, 3.05) is 6.54 Å². The summed E-state index contributed by atoms with van der Waals surface area (Å²) < 4.78 is 5.38. The highest BCUT2D eigenvalue weighted by Gasteiger charge is 2.26. The van der Waals surface area contributed by atoms with E-state index in [1.165, 1.54) is 19.3 Å². The molecular formula is C16H32N2O2. The predicted molar refractivity (Wildman–Crippen MR) is 82.9 cm³/mol. The number of carbonyl (C=O) groups is 1. The Balaban J connectivity index is 2.54. The first-order valence-corrected chi connectivity index (χ1v) is 8.01. The zero-order chi connectivity index (χ0) is 15.2. The third-order valence-corrected chi connectivity index (χ3v) is 3.51. The Hall–Kier alpha value is -0.770. The molecule has 4 nitrogen and oxygen atoms in total. The van der Waals surface area contributed by atoms with Crippen molar-refractivity contribution < 1.29 is 9.53 Å². The summed E-state index contributed by atoms with van der Waals surface area (Å²) in [4.78, 5) is 12.0. The molecule has 0 aromatic rings. The molecule has 2 atom stereocenters. The van der Waals surface area contributed by atoms with Crippen molar-refractivity contribution in [3.05, 3.63) is 0 Å². The highest BCUT2D eigenvalue weighted by Crippen LogP contribution is 2.19. The van der Waals surface area contributed by atoms with E-state index in [9.17, 15) is 4.79 Å². The van der Waals surface area contributed by atoms with E-state index >= 15 is 0 Å². The minimum Gasteiger partial charge on any atom is -0.444 e. The average Bonchev–Trinajstić information content (AvgIpc) is 2.49. The maximum atomic E-state index is 12.0. The van der Waals surface area contributed by atoms with Gasteiger partial charge in [-0.05, 0) is 46.1 Å². The number of hydrogen-bond donors (Lipinski definition) is 2. The highest BCUT2D eigenvalue weighted by atomic mass is 16.6. The van der Waals surface area contributed by atoms with E-state index in [0.717, 1.165) is 19.4 Å². The van der Waals surface area contributed by atoms with Crippen LogP contribution in [0.3, 0.4) is 0 Å². The minimum absolute atomic E-state index is 0.186. The van der Waals surface area contributed by atoms with Crippen molar-refractivity contribution in [2.24, 2.45) is 5.92 Å². The van der Waals surface area contributed by atoms with Crippen LogP contribution in [-0.4, -0.2) is 30.3 Å². The van der Waals surface area contributed by atoms with Gasteiger partial charge in [-0.3, -0.25) is 0 Å². The van der Waals surface area contributed by atoms with Gasteiger partial charge < -0.3 is 15.4 Å². The van der Waals surface area contributed by atoms with Crippen LogP contribution in [0, 0.1) is 5.92 Å². The van der Waals surface area contributed by atoms with Gasteiger partial charge in [0.2, 0.25) is 0 Å². The molecule has 0 radical (unpaired) electrons. The molecule has 0 aromatic heterocycles. The van der Waals surface area contributed by atoms with Crippen molar-refractivity contribution in [3.8, 4) is 0 Å². The van der Waals surface area contributed by atoms with Gasteiger partial charge in [-0.1, -0.05) is 33.1 Å². The summed E-state index contributed by atoms with van der Waals surface area (Å²) in [7, 11) is 0. The number of hydrogen-bond acceptors (Lipinski definition) is 3. The lowest BCUT2D eigenvalue weighted by molar-refractivity contribution is 0.0489. The lowest BCUT2D eigenvalue weighted by atomic mass is 10.0. The van der Waals surface area contributed by atoms with Crippen molar-refractivity contribution in [2.45, 2.75) is 84.4 Å². The van der Waals surface area contributed by atoms with E-state index in [-0.39, 0.29) is 12.1 Å². The SMILES string of the molecule is CC(C)CNC1CCCCCC1NC(=O)OC(C)(C)C. The number of amides is 1. The Morgan fingerprint density at radius 3 is 2.30 bits per heavy atom. The molecule has 1 aliphatic carbocycles. The standard InChI is InChI=1S/C16H32N2O2/c1-12(2)11-17-13-9-7-6-8-10-14(13)18-15(19)20-16(3,4)5/h12-14,17H,6-11H2,1-5H3,(H,18,19). The summed E-state index contributed by atoms with van der Waals surface area (Å²) in [6, 6.07) is 0.554. The number of nitrogens with one attached hydrogen (secondary N) is 2. The fraction of sp³-hybridized carbons (Fsp3) is 0.938. The average molecular weight is 284 g/mol. The van der Waals surface area contributed by atoms with Gasteiger partial charge in [0, 0.05) is 12.1 Å². The van der Waals surface area contributed by atoms with Crippen LogP contribution in [0.1, 0.15) is 66.7 Å². The van der Waals surface area contributed by atoms with Crippen LogP contribution in [0.4, 0.5) is 4.79 Å². The Kier molecular flexibility index (Phi) is 6.80. The Morgan fingerprint density at radius 2 is 1.75 bits per heavy atom. The first kappa shape index (κ1) is 17.3. The van der Waals surface area contributed by atoms with Crippen LogP contribution in [-0.2, 0) is 4.74 Å². The van der Waals surface area contributed by atoms with Gasteiger partial charge in [-0.25, -0.2) is 4.79 Å². The fourth-order valence-corrected chi connectivity index (χ4v) is 2.57. The molecule has 20 heavy (non-hydrogen) atoms. The van der Waals surface area contributed by atoms with E-state index < -0.39 is 5.60 Å². The zero-order valence-electron chi connectivity index (χ0n) is 13.8. The van der Waals surface area contributed by atoms with Gasteiger partial charge >= 0.3 is 6.09 Å². The van der Waals surface area contributed by atoms with Crippen molar-refractivity contribution in [3.63, 3.8) is 0 Å². The lowest BCUT2D eigenvalue weighted by Gasteiger charge is -2.29. The zero-order valence-corrected chi connectivity index (χ0v) is 13.8. The molecule has 118 valence electrons. The summed E-state index contributed by atoms with van der Waals surface area (Å²) in [6.45, 7) is 11.1. The van der Waals surface area contributed by atoms with Gasteiger partial charge in [-0.2, -0.15) is 0 Å². The van der Waals surface area contributed by atoms with Gasteiger partial charge in [-0.15, -0.1) is 0 Å². The Morgan fingerprint density at radius 1 is 1.15 bits per heavy atom. The molecule has 2 unspecified atom stereocenters. The van der Waals surface area contributed by atoms with Crippen molar-refractivity contribution in [1.82, 2.24) is 10.6 Å². The van der Waals surface area contributed by atoms with Gasteiger partial charge in [0.15, 0.2) is 0 Å². The molecule has 2 N–H and O–H groups in total. The minimum atomic E-state index is -0.435. The molecule has 4 heteroatoms. The van der Waals surface area contributed by atoms with Gasteiger partial charge in [0.1, 0.15) is 5.60 Å². The predicted octanol–water partition coefficient (Wildman–Crippen LogP) is 3.46. The van der Waals surface area contributed by atoms with Gasteiger partial charge in [0.05, 0.1) is 0 Å². The maximum Gasteiger partial charge on any atom is 0.407 e. The van der Waals surface area contributed by atoms with E-state index in [0.29, 0.717) is 12.0 Å². The summed E-state index contributed by atoms with van der Waals surface area (Å²) >= 11 is 0. The largest absolute Gasteiger partial charge is 0.444 e.